The summed E-state index contributed by atoms with van der Waals surface area (Å²) in [6, 6.07) is 23.0. The van der Waals surface area contributed by atoms with Gasteiger partial charge >= 0.3 is 5.97 Å². The van der Waals surface area contributed by atoms with Gasteiger partial charge in [0.25, 0.3) is 0 Å². The summed E-state index contributed by atoms with van der Waals surface area (Å²) in [7, 11) is 0. The number of anilines is 2. The zero-order valence-corrected chi connectivity index (χ0v) is 17.1. The predicted octanol–water partition coefficient (Wildman–Crippen LogP) is 4.21. The molecule has 0 saturated carbocycles. The van der Waals surface area contributed by atoms with Crippen molar-refractivity contribution in [3.8, 4) is 5.75 Å². The number of nitrogens with one attached hydrogen (secondary N) is 1. The third-order valence-electron chi connectivity index (χ3n) is 5.18. The molecule has 0 spiro atoms. The van der Waals surface area contributed by atoms with Crippen LogP contribution >= 0.6 is 0 Å². The van der Waals surface area contributed by atoms with Gasteiger partial charge in [0.1, 0.15) is 5.75 Å². The third kappa shape index (κ3) is 4.80. The Kier molecular flexibility index (Phi) is 5.80. The standard InChI is InChI=1S/C25H22N2O4/c1-17-7-9-18(10-8-17)25(30)31-22-13-11-20(12-14-22)26-24(29)19-15-23(28)27(16-19)21-5-3-2-4-6-21/h2-14,19H,15-16H2,1H3,(H,26,29)/t19-/m1/s1. The predicted molar refractivity (Wildman–Crippen MR) is 118 cm³/mol. The van der Waals surface area contributed by atoms with Crippen LogP contribution in [0.5, 0.6) is 5.75 Å². The van der Waals surface area contributed by atoms with Crippen molar-refractivity contribution in [3.05, 3.63) is 90.0 Å². The van der Waals surface area contributed by atoms with Crippen molar-refractivity contribution in [1.82, 2.24) is 0 Å². The first kappa shape index (κ1) is 20.3. The maximum atomic E-state index is 12.6. The number of hydrogen-bond acceptors (Lipinski definition) is 4. The van der Waals surface area contributed by atoms with Crippen molar-refractivity contribution >= 4 is 29.2 Å². The summed E-state index contributed by atoms with van der Waals surface area (Å²) in [5.41, 5.74) is 2.90. The highest BCUT2D eigenvalue weighted by Crippen LogP contribution is 2.26. The lowest BCUT2D eigenvalue weighted by molar-refractivity contribution is -0.122. The van der Waals surface area contributed by atoms with E-state index in [4.69, 9.17) is 4.74 Å². The van der Waals surface area contributed by atoms with Crippen molar-refractivity contribution in [1.29, 1.82) is 0 Å². The van der Waals surface area contributed by atoms with E-state index in [2.05, 4.69) is 5.32 Å². The van der Waals surface area contributed by atoms with Crippen LogP contribution < -0.4 is 15.0 Å². The first-order valence-electron chi connectivity index (χ1n) is 10.0. The molecule has 0 aromatic heterocycles. The number of rotatable bonds is 5. The van der Waals surface area contributed by atoms with Crippen LogP contribution in [0.1, 0.15) is 22.3 Å². The molecule has 1 N–H and O–H groups in total. The number of amides is 2. The van der Waals surface area contributed by atoms with Crippen molar-refractivity contribution in [2.75, 3.05) is 16.8 Å². The second-order valence-corrected chi connectivity index (χ2v) is 7.51. The van der Waals surface area contributed by atoms with Crippen molar-refractivity contribution in [2.45, 2.75) is 13.3 Å². The SMILES string of the molecule is Cc1ccc(C(=O)Oc2ccc(NC(=O)[C@@H]3CC(=O)N(c4ccccc4)C3)cc2)cc1. The Balaban J connectivity index is 1.34. The van der Waals surface area contributed by atoms with Crippen molar-refractivity contribution in [3.63, 3.8) is 0 Å². The van der Waals surface area contributed by atoms with Gasteiger partial charge in [-0.25, -0.2) is 4.79 Å². The molecule has 1 aliphatic rings. The fraction of sp³-hybridized carbons (Fsp3) is 0.160. The molecule has 0 radical (unpaired) electrons. The van der Waals surface area contributed by atoms with Crippen LogP contribution in [0.25, 0.3) is 0 Å². The molecule has 1 saturated heterocycles. The Morgan fingerprint density at radius 1 is 0.935 bits per heavy atom. The maximum absolute atomic E-state index is 12.6. The lowest BCUT2D eigenvalue weighted by Crippen LogP contribution is -2.28. The average molecular weight is 414 g/mol. The van der Waals surface area contributed by atoms with E-state index in [9.17, 15) is 14.4 Å². The zero-order chi connectivity index (χ0) is 21.8. The van der Waals surface area contributed by atoms with Gasteiger partial charge in [-0.2, -0.15) is 0 Å². The molecule has 1 fully saturated rings. The molecule has 156 valence electrons. The van der Waals surface area contributed by atoms with Gasteiger partial charge < -0.3 is 15.0 Å². The monoisotopic (exact) mass is 414 g/mol. The minimum Gasteiger partial charge on any atom is -0.423 e. The number of ether oxygens (including phenoxy) is 1. The van der Waals surface area contributed by atoms with Crippen LogP contribution in [-0.4, -0.2) is 24.3 Å². The van der Waals surface area contributed by atoms with Crippen LogP contribution in [0.15, 0.2) is 78.9 Å². The van der Waals surface area contributed by atoms with Gasteiger partial charge in [-0.3, -0.25) is 9.59 Å². The van der Waals surface area contributed by atoms with E-state index in [1.807, 2.05) is 49.4 Å². The number of aryl methyl sites for hydroxylation is 1. The highest BCUT2D eigenvalue weighted by Gasteiger charge is 2.35. The maximum Gasteiger partial charge on any atom is 0.343 e. The molecular formula is C25H22N2O4. The highest BCUT2D eigenvalue weighted by atomic mass is 16.5. The molecule has 6 nitrogen and oxygen atoms in total. The number of nitrogens with zero attached hydrogens (tertiary/aromatic N) is 1. The molecule has 4 rings (SSSR count). The van der Waals surface area contributed by atoms with E-state index in [0.29, 0.717) is 23.5 Å². The topological polar surface area (TPSA) is 75.7 Å². The summed E-state index contributed by atoms with van der Waals surface area (Å²) in [6.45, 7) is 2.30. The molecule has 1 heterocycles. The van der Waals surface area contributed by atoms with Gasteiger partial charge in [-0.1, -0.05) is 35.9 Å². The molecule has 1 atom stereocenters. The number of carbonyl (C=O) groups excluding carboxylic acids is 3. The molecule has 31 heavy (non-hydrogen) atoms. The first-order valence-corrected chi connectivity index (χ1v) is 10.0. The lowest BCUT2D eigenvalue weighted by Gasteiger charge is -2.16. The largest absolute Gasteiger partial charge is 0.423 e. The number of esters is 1. The fourth-order valence-corrected chi connectivity index (χ4v) is 3.45. The first-order chi connectivity index (χ1) is 15.0. The molecule has 6 heteroatoms. The second-order valence-electron chi connectivity index (χ2n) is 7.51. The fourth-order valence-electron chi connectivity index (χ4n) is 3.45. The minimum absolute atomic E-state index is 0.0651. The number of hydrogen-bond donors (Lipinski definition) is 1. The van der Waals surface area contributed by atoms with Crippen LogP contribution in [-0.2, 0) is 9.59 Å². The van der Waals surface area contributed by atoms with Crippen molar-refractivity contribution < 1.29 is 19.1 Å². The van der Waals surface area contributed by atoms with Crippen LogP contribution in [0.2, 0.25) is 0 Å². The molecule has 3 aromatic rings. The van der Waals surface area contributed by atoms with Crippen LogP contribution in [0.4, 0.5) is 11.4 Å². The van der Waals surface area contributed by atoms with Crippen LogP contribution in [0, 0.1) is 12.8 Å². The van der Waals surface area contributed by atoms with Crippen molar-refractivity contribution in [2.24, 2.45) is 5.92 Å². The molecule has 0 bridgehead atoms. The van der Waals surface area contributed by atoms with Gasteiger partial charge in [-0.05, 0) is 55.5 Å². The number of benzene rings is 3. The lowest BCUT2D eigenvalue weighted by atomic mass is 10.1. The Bertz CT molecular complexity index is 1090. The normalized spacial score (nSPS) is 15.6. The summed E-state index contributed by atoms with van der Waals surface area (Å²) in [5.74, 6) is -0.759. The summed E-state index contributed by atoms with van der Waals surface area (Å²) < 4.78 is 5.37. The zero-order valence-electron chi connectivity index (χ0n) is 17.1. The van der Waals surface area contributed by atoms with Gasteiger partial charge in [0.15, 0.2) is 0 Å². The van der Waals surface area contributed by atoms with E-state index in [1.54, 1.807) is 41.3 Å². The smallest absolute Gasteiger partial charge is 0.343 e. The summed E-state index contributed by atoms with van der Waals surface area (Å²) in [4.78, 5) is 38.8. The Labute approximate surface area is 180 Å². The van der Waals surface area contributed by atoms with E-state index < -0.39 is 11.9 Å². The Morgan fingerprint density at radius 3 is 2.29 bits per heavy atom. The molecule has 0 unspecified atom stereocenters. The number of para-hydroxylation sites is 1. The quantitative estimate of drug-likeness (QED) is 0.501. The summed E-state index contributed by atoms with van der Waals surface area (Å²) in [6.07, 6.45) is 0.174. The van der Waals surface area contributed by atoms with E-state index in [1.165, 1.54) is 0 Å². The third-order valence-corrected chi connectivity index (χ3v) is 5.18. The van der Waals surface area contributed by atoms with Gasteiger partial charge in [0.2, 0.25) is 11.8 Å². The van der Waals surface area contributed by atoms with Crippen LogP contribution in [0.3, 0.4) is 0 Å². The van der Waals surface area contributed by atoms with E-state index in [-0.39, 0.29) is 18.2 Å². The summed E-state index contributed by atoms with van der Waals surface area (Å²) >= 11 is 0. The molecule has 1 aliphatic heterocycles. The number of carbonyl (C=O) groups is 3. The van der Waals surface area contributed by atoms with Gasteiger partial charge in [-0.15, -0.1) is 0 Å². The summed E-state index contributed by atoms with van der Waals surface area (Å²) in [5, 5.41) is 2.84. The van der Waals surface area contributed by atoms with Gasteiger partial charge in [0, 0.05) is 24.3 Å². The molecule has 0 aliphatic carbocycles. The van der Waals surface area contributed by atoms with E-state index in [0.717, 1.165) is 11.3 Å². The minimum atomic E-state index is -0.442. The Morgan fingerprint density at radius 2 is 1.61 bits per heavy atom. The highest BCUT2D eigenvalue weighted by molar-refractivity contribution is 6.03. The molecule has 2 amide bonds. The second kappa shape index (κ2) is 8.83. The van der Waals surface area contributed by atoms with E-state index >= 15 is 0 Å². The molecule has 3 aromatic carbocycles. The Hall–Kier alpha value is -3.93. The van der Waals surface area contributed by atoms with Gasteiger partial charge in [0.05, 0.1) is 11.5 Å². The average Bonchev–Trinajstić information content (AvgIpc) is 3.18. The molecular weight excluding hydrogens is 392 g/mol.